The van der Waals surface area contributed by atoms with Gasteiger partial charge in [-0.2, -0.15) is 0 Å². The van der Waals surface area contributed by atoms with Crippen LogP contribution >= 0.6 is 0 Å². The number of fused-ring (bicyclic) bond motifs is 7. The summed E-state index contributed by atoms with van der Waals surface area (Å²) in [6, 6.07) is 60.2. The van der Waals surface area contributed by atoms with Gasteiger partial charge in [0.05, 0.1) is 7.11 Å². The zero-order chi connectivity index (χ0) is 31.8. The normalized spacial score (nSPS) is 11.9. The minimum atomic E-state index is 0.921. The van der Waals surface area contributed by atoms with E-state index in [0.29, 0.717) is 0 Å². The number of benzene rings is 10. The molecule has 0 saturated carbocycles. The second-order valence-corrected chi connectivity index (χ2v) is 12.9. The summed E-state index contributed by atoms with van der Waals surface area (Å²) >= 11 is 0. The molecule has 0 aliphatic carbocycles. The predicted molar refractivity (Wildman–Crippen MR) is 206 cm³/mol. The second-order valence-electron chi connectivity index (χ2n) is 12.9. The molecule has 1 nitrogen and oxygen atoms in total. The van der Waals surface area contributed by atoms with E-state index in [2.05, 4.69) is 164 Å². The smallest absolute Gasteiger partial charge is 0.134 e. The van der Waals surface area contributed by atoms with Crippen molar-refractivity contribution in [3.63, 3.8) is 0 Å². The molecule has 10 aromatic carbocycles. The summed E-state index contributed by atoms with van der Waals surface area (Å²) in [4.78, 5) is 0. The minimum absolute atomic E-state index is 0.921. The first-order chi connectivity index (χ1) is 23.7. The van der Waals surface area contributed by atoms with Crippen LogP contribution in [0.4, 0.5) is 0 Å². The molecule has 10 rings (SSSR count). The Balaban J connectivity index is 1.23. The summed E-state index contributed by atoms with van der Waals surface area (Å²) < 4.78 is 6.23. The second kappa shape index (κ2) is 10.4. The van der Waals surface area contributed by atoms with E-state index in [0.717, 1.165) is 16.5 Å². The molecule has 0 aromatic heterocycles. The molecule has 0 aliphatic rings. The average molecular weight is 611 g/mol. The Morgan fingerprint density at radius 1 is 0.312 bits per heavy atom. The third-order valence-corrected chi connectivity index (χ3v) is 10.1. The van der Waals surface area contributed by atoms with E-state index in [1.807, 2.05) is 0 Å². The first kappa shape index (κ1) is 27.0. The van der Waals surface area contributed by atoms with Gasteiger partial charge < -0.3 is 4.74 Å². The van der Waals surface area contributed by atoms with Crippen LogP contribution in [0.25, 0.3) is 97.7 Å². The van der Waals surface area contributed by atoms with E-state index < -0.39 is 0 Å². The lowest BCUT2D eigenvalue weighted by atomic mass is 9.88. The van der Waals surface area contributed by atoms with Gasteiger partial charge >= 0.3 is 0 Å². The Morgan fingerprint density at radius 2 is 0.729 bits per heavy atom. The predicted octanol–water partition coefficient (Wildman–Crippen LogP) is 13.1. The van der Waals surface area contributed by atoms with Gasteiger partial charge in [0.25, 0.3) is 0 Å². The number of hydrogen-bond acceptors (Lipinski definition) is 1. The molecule has 0 spiro atoms. The molecule has 0 aliphatic heterocycles. The van der Waals surface area contributed by atoms with Crippen LogP contribution in [0.5, 0.6) is 5.75 Å². The van der Waals surface area contributed by atoms with E-state index in [-0.39, 0.29) is 0 Å². The lowest BCUT2D eigenvalue weighted by Crippen LogP contribution is -1.91. The standard InChI is InChI=1S/C47H30O/c1-48-47-44-26-33-16-17-42(29-10-4-2-5-11-29)46(30-12-6-3-7-13-30)43(33)28-41(44)25-40-24-38-22-36-20-34-18-31-14-8-9-15-32(31)19-35(34)21-37(36)23-39(38)27-45(40)47/h2-28H,1H3. The van der Waals surface area contributed by atoms with Crippen LogP contribution in [0, 0.1) is 0 Å². The highest BCUT2D eigenvalue weighted by atomic mass is 16.5. The van der Waals surface area contributed by atoms with Crippen molar-refractivity contribution in [3.8, 4) is 28.0 Å². The molecule has 0 saturated heterocycles. The van der Waals surface area contributed by atoms with Gasteiger partial charge in [-0.25, -0.2) is 0 Å². The SMILES string of the molecule is COc1c2cc3cc4cc5cc6ccccc6cc5cc4cc3cc2cc2cc3c(-c4ccccc4)c(-c4ccccc4)ccc3cc12. The van der Waals surface area contributed by atoms with Crippen LogP contribution in [0.1, 0.15) is 0 Å². The Labute approximate surface area is 278 Å². The number of methoxy groups -OCH3 is 1. The first-order valence-corrected chi connectivity index (χ1v) is 16.5. The van der Waals surface area contributed by atoms with E-state index in [9.17, 15) is 0 Å². The Morgan fingerprint density at radius 3 is 1.31 bits per heavy atom. The van der Waals surface area contributed by atoms with Gasteiger partial charge in [-0.05, 0) is 154 Å². The quantitative estimate of drug-likeness (QED) is 0.181. The first-order valence-electron chi connectivity index (χ1n) is 16.5. The molecular formula is C47H30O. The highest BCUT2D eigenvalue weighted by Gasteiger charge is 2.16. The lowest BCUT2D eigenvalue weighted by molar-refractivity contribution is 0.424. The fraction of sp³-hybridized carbons (Fsp3) is 0.0213. The van der Waals surface area contributed by atoms with Crippen molar-refractivity contribution in [1.29, 1.82) is 0 Å². The minimum Gasteiger partial charge on any atom is -0.495 e. The van der Waals surface area contributed by atoms with E-state index in [1.165, 1.54) is 86.9 Å². The van der Waals surface area contributed by atoms with Crippen LogP contribution in [0.3, 0.4) is 0 Å². The summed E-state index contributed by atoms with van der Waals surface area (Å²) in [5, 5.41) is 17.1. The molecule has 0 radical (unpaired) electrons. The topological polar surface area (TPSA) is 9.23 Å². The van der Waals surface area contributed by atoms with Crippen molar-refractivity contribution in [3.05, 3.63) is 164 Å². The molecule has 0 atom stereocenters. The summed E-state index contributed by atoms with van der Waals surface area (Å²) in [5.41, 5.74) is 4.92. The fourth-order valence-electron chi connectivity index (χ4n) is 7.84. The highest BCUT2D eigenvalue weighted by Crippen LogP contribution is 2.44. The Hall–Kier alpha value is -6.18. The highest BCUT2D eigenvalue weighted by molar-refractivity contribution is 6.17. The summed E-state index contributed by atoms with van der Waals surface area (Å²) in [5.74, 6) is 0.921. The molecule has 0 amide bonds. The van der Waals surface area contributed by atoms with Crippen molar-refractivity contribution < 1.29 is 4.74 Å². The van der Waals surface area contributed by atoms with Gasteiger partial charge in [-0.15, -0.1) is 0 Å². The van der Waals surface area contributed by atoms with Gasteiger partial charge in [-0.3, -0.25) is 0 Å². The van der Waals surface area contributed by atoms with Crippen molar-refractivity contribution >= 4 is 75.4 Å². The Kier molecular flexibility index (Phi) is 5.86. The van der Waals surface area contributed by atoms with Crippen molar-refractivity contribution in [1.82, 2.24) is 0 Å². The third-order valence-electron chi connectivity index (χ3n) is 10.1. The number of rotatable bonds is 3. The van der Waals surface area contributed by atoms with E-state index in [1.54, 1.807) is 7.11 Å². The summed E-state index contributed by atoms with van der Waals surface area (Å²) in [6.45, 7) is 0. The Bertz CT molecular complexity index is 2900. The van der Waals surface area contributed by atoms with Crippen molar-refractivity contribution in [2.75, 3.05) is 7.11 Å². The maximum atomic E-state index is 6.23. The molecule has 10 aromatic rings. The van der Waals surface area contributed by atoms with Gasteiger partial charge in [0.1, 0.15) is 5.75 Å². The van der Waals surface area contributed by atoms with Crippen LogP contribution < -0.4 is 4.74 Å². The number of ether oxygens (including phenoxy) is 1. The molecular weight excluding hydrogens is 581 g/mol. The third kappa shape index (κ3) is 4.18. The molecule has 224 valence electrons. The zero-order valence-electron chi connectivity index (χ0n) is 26.5. The summed E-state index contributed by atoms with van der Waals surface area (Å²) in [7, 11) is 1.80. The largest absolute Gasteiger partial charge is 0.495 e. The fourth-order valence-corrected chi connectivity index (χ4v) is 7.84. The zero-order valence-corrected chi connectivity index (χ0v) is 26.5. The molecule has 0 N–H and O–H groups in total. The van der Waals surface area contributed by atoms with Crippen molar-refractivity contribution in [2.24, 2.45) is 0 Å². The lowest BCUT2D eigenvalue weighted by Gasteiger charge is -2.17. The van der Waals surface area contributed by atoms with Gasteiger partial charge in [0, 0.05) is 10.8 Å². The van der Waals surface area contributed by atoms with Crippen LogP contribution in [-0.4, -0.2) is 7.11 Å². The molecule has 48 heavy (non-hydrogen) atoms. The van der Waals surface area contributed by atoms with Gasteiger partial charge in [0.2, 0.25) is 0 Å². The van der Waals surface area contributed by atoms with E-state index in [4.69, 9.17) is 4.74 Å². The molecule has 0 unspecified atom stereocenters. The molecule has 0 fully saturated rings. The van der Waals surface area contributed by atoms with E-state index >= 15 is 0 Å². The van der Waals surface area contributed by atoms with Crippen LogP contribution in [-0.2, 0) is 0 Å². The molecule has 0 bridgehead atoms. The average Bonchev–Trinajstić information content (AvgIpc) is 3.13. The van der Waals surface area contributed by atoms with Gasteiger partial charge in [-0.1, -0.05) is 97.1 Å². The number of hydrogen-bond donors (Lipinski definition) is 0. The van der Waals surface area contributed by atoms with Crippen LogP contribution in [0.15, 0.2) is 164 Å². The maximum absolute atomic E-state index is 6.23. The van der Waals surface area contributed by atoms with Gasteiger partial charge in [0.15, 0.2) is 0 Å². The maximum Gasteiger partial charge on any atom is 0.134 e. The summed E-state index contributed by atoms with van der Waals surface area (Å²) in [6.07, 6.45) is 0. The van der Waals surface area contributed by atoms with Crippen molar-refractivity contribution in [2.45, 2.75) is 0 Å². The molecule has 0 heterocycles. The van der Waals surface area contributed by atoms with Crippen LogP contribution in [0.2, 0.25) is 0 Å². The monoisotopic (exact) mass is 610 g/mol. The molecule has 1 heteroatoms.